The zero-order valence-electron chi connectivity index (χ0n) is 11.4. The van der Waals surface area contributed by atoms with Gasteiger partial charge in [0, 0.05) is 36.1 Å². The molecule has 2 aliphatic heterocycles. The summed E-state index contributed by atoms with van der Waals surface area (Å²) in [4.78, 5) is 10.4. The molecule has 0 aromatic heterocycles. The Morgan fingerprint density at radius 3 is 2.75 bits per heavy atom. The second-order valence-electron chi connectivity index (χ2n) is 5.35. The molecule has 102 valence electrons. The smallest absolute Gasteiger partial charge is 0.189 e. The molecule has 1 saturated heterocycles. The topological polar surface area (TPSA) is 46.0 Å². The van der Waals surface area contributed by atoms with E-state index in [1.165, 1.54) is 5.71 Å². The lowest BCUT2D eigenvalue weighted by Crippen LogP contribution is -2.35. The highest BCUT2D eigenvalue weighted by atomic mass is 15.1. The summed E-state index contributed by atoms with van der Waals surface area (Å²) in [5.74, 6) is 0.538. The molecule has 1 aromatic carbocycles. The van der Waals surface area contributed by atoms with Crippen molar-refractivity contribution in [2.75, 3.05) is 24.5 Å². The van der Waals surface area contributed by atoms with Crippen molar-refractivity contribution in [2.24, 2.45) is 16.6 Å². The fourth-order valence-electron chi connectivity index (χ4n) is 2.90. The van der Waals surface area contributed by atoms with Crippen molar-refractivity contribution in [1.82, 2.24) is 0 Å². The quantitative estimate of drug-likeness (QED) is 0.837. The van der Waals surface area contributed by atoms with Crippen molar-refractivity contribution in [3.05, 3.63) is 47.5 Å². The van der Waals surface area contributed by atoms with Gasteiger partial charge in [-0.2, -0.15) is 0 Å². The molecule has 1 fully saturated rings. The first-order valence-corrected chi connectivity index (χ1v) is 6.99. The second kappa shape index (κ2) is 5.38. The predicted octanol–water partition coefficient (Wildman–Crippen LogP) is 2.75. The summed E-state index contributed by atoms with van der Waals surface area (Å²) in [5.41, 5.74) is 9.71. The van der Waals surface area contributed by atoms with E-state index in [2.05, 4.69) is 20.8 Å². The summed E-state index contributed by atoms with van der Waals surface area (Å²) < 4.78 is 0. The lowest BCUT2D eigenvalue weighted by Gasteiger charge is -2.33. The number of hydrogen-bond acceptors (Lipinski definition) is 3. The first-order chi connectivity index (χ1) is 9.76. The highest BCUT2D eigenvalue weighted by Gasteiger charge is 2.24. The third-order valence-corrected chi connectivity index (χ3v) is 4.01. The van der Waals surface area contributed by atoms with Gasteiger partial charge in [-0.25, -0.2) is 4.85 Å². The molecule has 0 atom stereocenters. The van der Waals surface area contributed by atoms with E-state index in [9.17, 15) is 0 Å². The number of rotatable bonds is 2. The Bertz CT molecular complexity index is 601. The molecule has 2 heterocycles. The molecule has 0 saturated carbocycles. The number of hydrogen-bond donors (Lipinski definition) is 1. The molecule has 2 aliphatic rings. The van der Waals surface area contributed by atoms with E-state index in [-0.39, 0.29) is 0 Å². The predicted molar refractivity (Wildman–Crippen MR) is 82.2 cm³/mol. The second-order valence-corrected chi connectivity index (χ2v) is 5.35. The molecule has 0 bridgehead atoms. The summed E-state index contributed by atoms with van der Waals surface area (Å²) in [6.07, 6.45) is 4.25. The van der Waals surface area contributed by atoms with Gasteiger partial charge in [0.25, 0.3) is 0 Å². The molecule has 2 N–H and O–H groups in total. The van der Waals surface area contributed by atoms with Gasteiger partial charge in [-0.15, -0.1) is 0 Å². The van der Waals surface area contributed by atoms with E-state index in [1.54, 1.807) is 0 Å². The summed E-state index contributed by atoms with van der Waals surface area (Å²) in [5, 5.41) is 0. The van der Waals surface area contributed by atoms with E-state index >= 15 is 0 Å². The lowest BCUT2D eigenvalue weighted by atomic mass is 9.91. The molecular weight excluding hydrogens is 248 g/mol. The third kappa shape index (κ3) is 2.53. The Labute approximate surface area is 119 Å². The summed E-state index contributed by atoms with van der Waals surface area (Å²) in [7, 11) is 0. The van der Waals surface area contributed by atoms with Crippen molar-refractivity contribution in [3.8, 4) is 0 Å². The number of aliphatic imine (C=N–C) groups is 1. The Hall–Kier alpha value is -2.28. The number of anilines is 1. The molecule has 3 rings (SSSR count). The highest BCUT2D eigenvalue weighted by molar-refractivity contribution is 5.99. The van der Waals surface area contributed by atoms with E-state index < -0.39 is 0 Å². The van der Waals surface area contributed by atoms with Gasteiger partial charge in [0.2, 0.25) is 0 Å². The summed E-state index contributed by atoms with van der Waals surface area (Å²) >= 11 is 0. The number of nitrogens with zero attached hydrogens (tertiary/aromatic N) is 3. The average molecular weight is 266 g/mol. The number of allylic oxidation sites excluding steroid dienone is 1. The molecule has 0 aliphatic carbocycles. The monoisotopic (exact) mass is 266 g/mol. The Kier molecular flexibility index (Phi) is 3.42. The maximum absolute atomic E-state index is 7.09. The van der Waals surface area contributed by atoms with Crippen LogP contribution in [0.25, 0.3) is 4.85 Å². The first kappa shape index (κ1) is 12.7. The number of piperidine rings is 1. The maximum Gasteiger partial charge on any atom is 0.189 e. The van der Waals surface area contributed by atoms with E-state index in [0.717, 1.165) is 37.3 Å². The van der Waals surface area contributed by atoms with Gasteiger partial charge in [0.05, 0.1) is 13.1 Å². The number of benzene rings is 1. The van der Waals surface area contributed by atoms with E-state index in [0.29, 0.717) is 18.2 Å². The first-order valence-electron chi connectivity index (χ1n) is 6.99. The van der Waals surface area contributed by atoms with E-state index in [1.807, 2.05) is 24.3 Å². The molecule has 4 nitrogen and oxygen atoms in total. The van der Waals surface area contributed by atoms with Gasteiger partial charge in [0.1, 0.15) is 0 Å². The van der Waals surface area contributed by atoms with Crippen LogP contribution in [0.15, 0.2) is 41.0 Å². The van der Waals surface area contributed by atoms with Crippen molar-refractivity contribution >= 4 is 17.1 Å². The minimum absolute atomic E-state index is 0.538. The molecule has 4 heteroatoms. The Morgan fingerprint density at radius 2 is 2.10 bits per heavy atom. The zero-order chi connectivity index (χ0) is 13.9. The van der Waals surface area contributed by atoms with Crippen molar-refractivity contribution < 1.29 is 0 Å². The summed E-state index contributed by atoms with van der Waals surface area (Å²) in [6, 6.07) is 7.86. The summed E-state index contributed by atoms with van der Waals surface area (Å²) in [6.45, 7) is 9.79. The minimum Gasteiger partial charge on any atom is -0.400 e. The van der Waals surface area contributed by atoms with Crippen molar-refractivity contribution in [1.29, 1.82) is 0 Å². The van der Waals surface area contributed by atoms with Crippen LogP contribution in [0.4, 0.5) is 11.4 Å². The fourth-order valence-corrected chi connectivity index (χ4v) is 2.90. The largest absolute Gasteiger partial charge is 0.400 e. The van der Waals surface area contributed by atoms with Crippen LogP contribution in [-0.4, -0.2) is 25.3 Å². The highest BCUT2D eigenvalue weighted by Crippen LogP contribution is 2.28. The Balaban J connectivity index is 1.65. The van der Waals surface area contributed by atoms with Crippen LogP contribution < -0.4 is 10.6 Å². The molecular formula is C16H18N4. The molecule has 20 heavy (non-hydrogen) atoms. The van der Waals surface area contributed by atoms with Crippen LogP contribution in [0, 0.1) is 12.5 Å². The number of nitrogens with two attached hydrogens (primary N) is 1. The van der Waals surface area contributed by atoms with Crippen molar-refractivity contribution in [2.45, 2.75) is 12.8 Å². The van der Waals surface area contributed by atoms with Crippen LogP contribution >= 0.6 is 0 Å². The van der Waals surface area contributed by atoms with Gasteiger partial charge >= 0.3 is 0 Å². The van der Waals surface area contributed by atoms with Gasteiger partial charge in [-0.1, -0.05) is 12.1 Å². The molecule has 0 spiro atoms. The lowest BCUT2D eigenvalue weighted by molar-refractivity contribution is 0.503. The van der Waals surface area contributed by atoms with Crippen LogP contribution in [-0.2, 0) is 0 Å². The van der Waals surface area contributed by atoms with Crippen LogP contribution in [0.1, 0.15) is 12.8 Å². The maximum atomic E-state index is 7.09. The molecule has 0 amide bonds. The SMILES string of the molecule is [C-]#[N+]c1cccc(N2CCC(C3=NCC(N)=C3)CC2)c1. The van der Waals surface area contributed by atoms with Gasteiger partial charge < -0.3 is 10.6 Å². The standard InChI is InChI=1S/C16H18N4/c1-18-14-3-2-4-15(10-14)20-7-5-12(6-8-20)16-9-13(17)11-19-16/h2-4,9-10,12H,5-8,11,17H2. The van der Waals surface area contributed by atoms with E-state index in [4.69, 9.17) is 12.3 Å². The fraction of sp³-hybridized carbons (Fsp3) is 0.375. The van der Waals surface area contributed by atoms with Gasteiger partial charge in [-0.05, 0) is 31.1 Å². The third-order valence-electron chi connectivity index (χ3n) is 4.01. The van der Waals surface area contributed by atoms with Crippen LogP contribution in [0.2, 0.25) is 0 Å². The van der Waals surface area contributed by atoms with Gasteiger partial charge in [0.15, 0.2) is 5.69 Å². The Morgan fingerprint density at radius 1 is 1.30 bits per heavy atom. The van der Waals surface area contributed by atoms with Crippen LogP contribution in [0.3, 0.4) is 0 Å². The molecule has 0 unspecified atom stereocenters. The van der Waals surface area contributed by atoms with Gasteiger partial charge in [-0.3, -0.25) is 4.99 Å². The zero-order valence-corrected chi connectivity index (χ0v) is 11.4. The molecule has 1 aromatic rings. The van der Waals surface area contributed by atoms with Crippen LogP contribution in [0.5, 0.6) is 0 Å². The minimum atomic E-state index is 0.538. The molecule has 0 radical (unpaired) electrons. The normalized spacial score (nSPS) is 19.4. The average Bonchev–Trinajstić information content (AvgIpc) is 2.94. The van der Waals surface area contributed by atoms with Crippen molar-refractivity contribution in [3.63, 3.8) is 0 Å².